The average Bonchev–Trinajstić information content (AvgIpc) is 2.65. The van der Waals surface area contributed by atoms with Crippen molar-refractivity contribution in [1.82, 2.24) is 0 Å². The number of hydrogen-bond donors (Lipinski definition) is 1. The van der Waals surface area contributed by atoms with Gasteiger partial charge in [0.05, 0.1) is 5.69 Å². The molecule has 1 saturated carbocycles. The van der Waals surface area contributed by atoms with Crippen LogP contribution in [-0.2, 0) is 5.54 Å². The molecule has 1 aromatic carbocycles. The Labute approximate surface area is 96.2 Å². The van der Waals surface area contributed by atoms with Gasteiger partial charge in [-0.3, -0.25) is 0 Å². The maximum Gasteiger partial charge on any atom is 0.146 e. The van der Waals surface area contributed by atoms with Gasteiger partial charge in [-0.1, -0.05) is 25.0 Å². The van der Waals surface area contributed by atoms with Crippen LogP contribution in [0, 0.1) is 5.82 Å². The summed E-state index contributed by atoms with van der Waals surface area (Å²) in [4.78, 5) is 1.82. The van der Waals surface area contributed by atoms with Crippen molar-refractivity contribution < 1.29 is 4.39 Å². The Morgan fingerprint density at radius 1 is 1.25 bits per heavy atom. The molecule has 0 radical (unpaired) electrons. The minimum atomic E-state index is -0.332. The number of benzene rings is 1. The van der Waals surface area contributed by atoms with E-state index in [1.807, 2.05) is 25.1 Å². The van der Waals surface area contributed by atoms with Crippen LogP contribution in [0.4, 0.5) is 10.1 Å². The highest BCUT2D eigenvalue weighted by atomic mass is 19.1. The minimum absolute atomic E-state index is 0.181. The standard InChI is InChI=1S/C13H19FN2/c1-16(2)12-10(6-5-7-11(12)14)13(15)8-3-4-9-13/h5-7H,3-4,8-9,15H2,1-2H3. The van der Waals surface area contributed by atoms with E-state index < -0.39 is 0 Å². The van der Waals surface area contributed by atoms with E-state index in [2.05, 4.69) is 0 Å². The van der Waals surface area contributed by atoms with Gasteiger partial charge >= 0.3 is 0 Å². The third-order valence-corrected chi connectivity index (χ3v) is 3.47. The van der Waals surface area contributed by atoms with E-state index in [0.717, 1.165) is 31.2 Å². The molecule has 0 spiro atoms. The molecule has 0 atom stereocenters. The van der Waals surface area contributed by atoms with Crippen LogP contribution in [0.3, 0.4) is 0 Å². The Morgan fingerprint density at radius 2 is 1.88 bits per heavy atom. The fourth-order valence-electron chi connectivity index (χ4n) is 2.65. The zero-order valence-corrected chi connectivity index (χ0v) is 9.96. The van der Waals surface area contributed by atoms with E-state index in [4.69, 9.17) is 5.73 Å². The molecule has 1 aromatic rings. The maximum atomic E-state index is 13.8. The van der Waals surface area contributed by atoms with Crippen molar-refractivity contribution in [1.29, 1.82) is 0 Å². The molecule has 0 bridgehead atoms. The molecule has 0 heterocycles. The van der Waals surface area contributed by atoms with Crippen LogP contribution >= 0.6 is 0 Å². The molecule has 3 heteroatoms. The molecule has 0 saturated heterocycles. The SMILES string of the molecule is CN(C)c1c(F)cccc1C1(N)CCCC1. The second-order valence-corrected chi connectivity index (χ2v) is 4.89. The third-order valence-electron chi connectivity index (χ3n) is 3.47. The van der Waals surface area contributed by atoms with Gasteiger partial charge in [0.15, 0.2) is 0 Å². The van der Waals surface area contributed by atoms with Gasteiger partial charge in [-0.2, -0.15) is 0 Å². The van der Waals surface area contributed by atoms with Crippen molar-refractivity contribution >= 4 is 5.69 Å². The smallest absolute Gasteiger partial charge is 0.146 e. The zero-order valence-electron chi connectivity index (χ0n) is 9.96. The van der Waals surface area contributed by atoms with Gasteiger partial charge in [-0.25, -0.2) is 4.39 Å². The van der Waals surface area contributed by atoms with Crippen molar-refractivity contribution in [2.75, 3.05) is 19.0 Å². The first-order valence-electron chi connectivity index (χ1n) is 5.80. The largest absolute Gasteiger partial charge is 0.375 e. The van der Waals surface area contributed by atoms with E-state index in [0.29, 0.717) is 5.69 Å². The number of nitrogens with zero attached hydrogens (tertiary/aromatic N) is 1. The Morgan fingerprint density at radius 3 is 2.44 bits per heavy atom. The molecule has 2 rings (SSSR count). The average molecular weight is 222 g/mol. The van der Waals surface area contributed by atoms with Crippen LogP contribution in [0.25, 0.3) is 0 Å². The highest BCUT2D eigenvalue weighted by molar-refractivity contribution is 5.57. The molecule has 2 N–H and O–H groups in total. The second-order valence-electron chi connectivity index (χ2n) is 4.89. The summed E-state index contributed by atoms with van der Waals surface area (Å²) in [5.74, 6) is -0.181. The highest BCUT2D eigenvalue weighted by Gasteiger charge is 2.34. The molecule has 0 aromatic heterocycles. The highest BCUT2D eigenvalue weighted by Crippen LogP contribution is 2.41. The molecule has 0 amide bonds. The normalized spacial score (nSPS) is 18.8. The van der Waals surface area contributed by atoms with Crippen LogP contribution in [0.1, 0.15) is 31.2 Å². The van der Waals surface area contributed by atoms with Crippen LogP contribution in [0.2, 0.25) is 0 Å². The summed E-state index contributed by atoms with van der Waals surface area (Å²) in [6.45, 7) is 0. The van der Waals surface area contributed by atoms with Gasteiger partial charge in [0.25, 0.3) is 0 Å². The maximum absolute atomic E-state index is 13.8. The molecule has 88 valence electrons. The quantitative estimate of drug-likeness (QED) is 0.833. The molecule has 0 unspecified atom stereocenters. The molecular weight excluding hydrogens is 203 g/mol. The topological polar surface area (TPSA) is 29.3 Å². The van der Waals surface area contributed by atoms with E-state index in [-0.39, 0.29) is 11.4 Å². The van der Waals surface area contributed by atoms with E-state index in [9.17, 15) is 4.39 Å². The molecule has 2 nitrogen and oxygen atoms in total. The second kappa shape index (κ2) is 4.06. The molecular formula is C13H19FN2. The number of nitrogens with two attached hydrogens (primary N) is 1. The Kier molecular flexibility index (Phi) is 2.89. The lowest BCUT2D eigenvalue weighted by Gasteiger charge is -2.29. The number of hydrogen-bond acceptors (Lipinski definition) is 2. The van der Waals surface area contributed by atoms with Gasteiger partial charge in [0, 0.05) is 19.6 Å². The zero-order chi connectivity index (χ0) is 11.8. The molecule has 1 fully saturated rings. The molecule has 1 aliphatic carbocycles. The monoisotopic (exact) mass is 222 g/mol. The molecule has 0 aliphatic heterocycles. The van der Waals surface area contributed by atoms with Gasteiger partial charge in [-0.15, -0.1) is 0 Å². The summed E-state index contributed by atoms with van der Waals surface area (Å²) in [5.41, 5.74) is 7.66. The lowest BCUT2D eigenvalue weighted by Crippen LogP contribution is -2.35. The van der Waals surface area contributed by atoms with Crippen molar-refractivity contribution in [2.24, 2.45) is 5.73 Å². The Hall–Kier alpha value is -1.09. The predicted octanol–water partition coefficient (Wildman–Crippen LogP) is 2.62. The van der Waals surface area contributed by atoms with Crippen LogP contribution in [0.5, 0.6) is 0 Å². The van der Waals surface area contributed by atoms with Crippen LogP contribution < -0.4 is 10.6 Å². The van der Waals surface area contributed by atoms with Gasteiger partial charge in [0.1, 0.15) is 5.82 Å². The first kappa shape index (κ1) is 11.4. The van der Waals surface area contributed by atoms with Crippen LogP contribution in [-0.4, -0.2) is 14.1 Å². The summed E-state index contributed by atoms with van der Waals surface area (Å²) in [5, 5.41) is 0. The molecule has 1 aliphatic rings. The fraction of sp³-hybridized carbons (Fsp3) is 0.538. The molecule has 16 heavy (non-hydrogen) atoms. The van der Waals surface area contributed by atoms with E-state index in [1.165, 1.54) is 6.07 Å². The van der Waals surface area contributed by atoms with Crippen LogP contribution in [0.15, 0.2) is 18.2 Å². The van der Waals surface area contributed by atoms with Crippen molar-refractivity contribution in [2.45, 2.75) is 31.2 Å². The van der Waals surface area contributed by atoms with Crippen molar-refractivity contribution in [3.8, 4) is 0 Å². The minimum Gasteiger partial charge on any atom is -0.375 e. The lowest BCUT2D eigenvalue weighted by molar-refractivity contribution is 0.458. The Balaban J connectivity index is 2.51. The summed E-state index contributed by atoms with van der Waals surface area (Å²) in [6, 6.07) is 5.21. The van der Waals surface area contributed by atoms with E-state index in [1.54, 1.807) is 6.07 Å². The van der Waals surface area contributed by atoms with Gasteiger partial charge < -0.3 is 10.6 Å². The lowest BCUT2D eigenvalue weighted by atomic mass is 9.87. The summed E-state index contributed by atoms with van der Waals surface area (Å²) in [6.07, 6.45) is 4.19. The predicted molar refractivity (Wildman–Crippen MR) is 65.1 cm³/mol. The number of halogens is 1. The Bertz CT molecular complexity index is 382. The summed E-state index contributed by atoms with van der Waals surface area (Å²) in [7, 11) is 3.72. The third kappa shape index (κ3) is 1.80. The van der Waals surface area contributed by atoms with E-state index >= 15 is 0 Å². The number of para-hydroxylation sites is 1. The van der Waals surface area contributed by atoms with Gasteiger partial charge in [-0.05, 0) is 24.5 Å². The fourth-order valence-corrected chi connectivity index (χ4v) is 2.65. The first-order chi connectivity index (χ1) is 7.54. The first-order valence-corrected chi connectivity index (χ1v) is 5.80. The van der Waals surface area contributed by atoms with Crippen molar-refractivity contribution in [3.63, 3.8) is 0 Å². The summed E-state index contributed by atoms with van der Waals surface area (Å²) >= 11 is 0. The number of anilines is 1. The summed E-state index contributed by atoms with van der Waals surface area (Å²) < 4.78 is 13.8. The van der Waals surface area contributed by atoms with Crippen molar-refractivity contribution in [3.05, 3.63) is 29.6 Å². The van der Waals surface area contributed by atoms with Gasteiger partial charge in [0.2, 0.25) is 0 Å². The number of rotatable bonds is 2.